The first kappa shape index (κ1) is 18.2. The molecule has 1 N–H and O–H groups in total. The zero-order valence-corrected chi connectivity index (χ0v) is 15.9. The Bertz CT molecular complexity index is 415. The Morgan fingerprint density at radius 2 is 1.54 bits per heavy atom. The van der Waals surface area contributed by atoms with Crippen molar-refractivity contribution in [2.24, 2.45) is 5.41 Å². The summed E-state index contributed by atoms with van der Waals surface area (Å²) in [5.41, 5.74) is 0.548. The number of carbonyl (C=O) groups excluding carboxylic acids is 1. The summed E-state index contributed by atoms with van der Waals surface area (Å²) in [6.07, 6.45) is 5.06. The number of amides is 1. The molecule has 2 heterocycles. The van der Waals surface area contributed by atoms with E-state index in [1.165, 1.54) is 78.0 Å². The average molecular weight is 337 g/mol. The van der Waals surface area contributed by atoms with Crippen LogP contribution in [0, 0.1) is 5.41 Å². The van der Waals surface area contributed by atoms with E-state index in [2.05, 4.69) is 33.9 Å². The van der Waals surface area contributed by atoms with Gasteiger partial charge < -0.3 is 10.2 Å². The summed E-state index contributed by atoms with van der Waals surface area (Å²) in [4.78, 5) is 19.0. The van der Waals surface area contributed by atoms with Gasteiger partial charge in [0.1, 0.15) is 0 Å². The molecule has 24 heavy (non-hydrogen) atoms. The average Bonchev–Trinajstić information content (AvgIpc) is 2.52. The number of nitrogens with one attached hydrogen (secondary N) is 1. The Labute approximate surface area is 147 Å². The van der Waals surface area contributed by atoms with Crippen LogP contribution in [0.5, 0.6) is 0 Å². The predicted octanol–water partition coefficient (Wildman–Crippen LogP) is 1.39. The van der Waals surface area contributed by atoms with Crippen molar-refractivity contribution >= 4 is 5.91 Å². The maximum absolute atomic E-state index is 11.1. The Morgan fingerprint density at radius 1 is 1.00 bits per heavy atom. The largest absolute Gasteiger partial charge is 0.354 e. The van der Waals surface area contributed by atoms with Gasteiger partial charge in [0, 0.05) is 58.3 Å². The van der Waals surface area contributed by atoms with Gasteiger partial charge in [-0.1, -0.05) is 0 Å². The lowest BCUT2D eigenvalue weighted by Crippen LogP contribution is -2.55. The van der Waals surface area contributed by atoms with Gasteiger partial charge in [0.15, 0.2) is 0 Å². The van der Waals surface area contributed by atoms with Gasteiger partial charge in [0.2, 0.25) is 5.91 Å². The van der Waals surface area contributed by atoms with Crippen LogP contribution in [-0.4, -0.2) is 85.0 Å². The summed E-state index contributed by atoms with van der Waals surface area (Å²) in [5, 5.41) is 3.08. The number of hydrogen-bond acceptors (Lipinski definition) is 4. The molecular weight excluding hydrogens is 300 g/mol. The molecule has 0 aromatic rings. The minimum atomic E-state index is 0.129. The van der Waals surface area contributed by atoms with Crippen molar-refractivity contribution in [2.75, 3.05) is 52.4 Å². The number of rotatable bonds is 5. The van der Waals surface area contributed by atoms with Gasteiger partial charge in [0.05, 0.1) is 0 Å². The van der Waals surface area contributed by atoms with E-state index in [-0.39, 0.29) is 5.91 Å². The van der Waals surface area contributed by atoms with Crippen LogP contribution in [0.25, 0.3) is 0 Å². The summed E-state index contributed by atoms with van der Waals surface area (Å²) in [6.45, 7) is 16.1. The molecule has 3 rings (SSSR count). The summed E-state index contributed by atoms with van der Waals surface area (Å²) < 4.78 is 0. The molecule has 0 aromatic heterocycles. The summed E-state index contributed by atoms with van der Waals surface area (Å²) in [7, 11) is 0. The van der Waals surface area contributed by atoms with Crippen molar-refractivity contribution in [2.45, 2.75) is 58.5 Å². The lowest BCUT2D eigenvalue weighted by atomic mass is 9.60. The number of carbonyl (C=O) groups is 1. The molecule has 0 bridgehead atoms. The van der Waals surface area contributed by atoms with E-state index in [0.29, 0.717) is 17.5 Å². The lowest BCUT2D eigenvalue weighted by Gasteiger charge is -2.52. The first-order chi connectivity index (χ1) is 11.5. The number of piperazine rings is 1. The van der Waals surface area contributed by atoms with Gasteiger partial charge in [-0.2, -0.15) is 0 Å². The topological polar surface area (TPSA) is 38.8 Å². The first-order valence-electron chi connectivity index (χ1n) is 9.92. The van der Waals surface area contributed by atoms with Gasteiger partial charge in [0.25, 0.3) is 0 Å². The smallest absolute Gasteiger partial charge is 0.217 e. The molecule has 3 aliphatic rings. The van der Waals surface area contributed by atoms with Crippen molar-refractivity contribution in [3.8, 4) is 0 Å². The second-order valence-corrected chi connectivity index (χ2v) is 8.62. The van der Waals surface area contributed by atoms with Crippen molar-refractivity contribution in [1.82, 2.24) is 20.0 Å². The molecule has 0 unspecified atom stereocenters. The molecule has 138 valence electrons. The van der Waals surface area contributed by atoms with Crippen LogP contribution in [0.1, 0.15) is 46.5 Å². The minimum absolute atomic E-state index is 0.129. The van der Waals surface area contributed by atoms with E-state index >= 15 is 0 Å². The van der Waals surface area contributed by atoms with E-state index in [1.807, 2.05) is 0 Å². The summed E-state index contributed by atoms with van der Waals surface area (Å²) in [5.74, 6) is 0.129. The summed E-state index contributed by atoms with van der Waals surface area (Å²) >= 11 is 0. The van der Waals surface area contributed by atoms with Crippen molar-refractivity contribution in [3.63, 3.8) is 0 Å². The Hall–Kier alpha value is -0.650. The maximum Gasteiger partial charge on any atom is 0.217 e. The van der Waals surface area contributed by atoms with Gasteiger partial charge in [-0.3, -0.25) is 14.6 Å². The van der Waals surface area contributed by atoms with Gasteiger partial charge in [-0.25, -0.2) is 0 Å². The lowest BCUT2D eigenvalue weighted by molar-refractivity contribution is -0.121. The molecule has 5 nitrogen and oxygen atoms in total. The third kappa shape index (κ3) is 4.50. The third-order valence-corrected chi connectivity index (χ3v) is 6.55. The molecule has 1 aliphatic carbocycles. The molecular formula is C19H36N4O. The normalized spacial score (nSPS) is 26.7. The quantitative estimate of drug-likeness (QED) is 0.824. The molecule has 0 aromatic carbocycles. The van der Waals surface area contributed by atoms with Crippen LogP contribution in [0.3, 0.4) is 0 Å². The predicted molar refractivity (Wildman–Crippen MR) is 98.1 cm³/mol. The Balaban J connectivity index is 1.30. The standard InChI is InChI=1S/C19H36N4O/c1-16(2)23-12-10-22(11-13-23)9-8-21-6-4-19(5-7-21)14-18(15-19)20-17(3)24/h16,18H,4-15H2,1-3H3,(H,20,24). The highest BCUT2D eigenvalue weighted by Crippen LogP contribution is 2.48. The Kier molecular flexibility index (Phi) is 5.83. The monoisotopic (exact) mass is 336 g/mol. The second kappa shape index (κ2) is 7.71. The fourth-order valence-electron chi connectivity index (χ4n) is 4.82. The minimum Gasteiger partial charge on any atom is -0.354 e. The number of hydrogen-bond donors (Lipinski definition) is 1. The highest BCUT2D eigenvalue weighted by Gasteiger charge is 2.45. The number of nitrogens with zero attached hydrogens (tertiary/aromatic N) is 3. The van der Waals surface area contributed by atoms with Crippen molar-refractivity contribution in [3.05, 3.63) is 0 Å². The molecule has 5 heteroatoms. The van der Waals surface area contributed by atoms with Gasteiger partial charge in [-0.15, -0.1) is 0 Å². The molecule has 1 amide bonds. The highest BCUT2D eigenvalue weighted by atomic mass is 16.1. The molecule has 2 saturated heterocycles. The number of likely N-dealkylation sites (tertiary alicyclic amines) is 1. The second-order valence-electron chi connectivity index (χ2n) is 8.62. The van der Waals surface area contributed by atoms with Crippen LogP contribution in [0.2, 0.25) is 0 Å². The highest BCUT2D eigenvalue weighted by molar-refractivity contribution is 5.73. The third-order valence-electron chi connectivity index (χ3n) is 6.55. The molecule has 0 radical (unpaired) electrons. The van der Waals surface area contributed by atoms with E-state index in [4.69, 9.17) is 0 Å². The van der Waals surface area contributed by atoms with E-state index in [9.17, 15) is 4.79 Å². The van der Waals surface area contributed by atoms with E-state index in [1.54, 1.807) is 6.92 Å². The fourth-order valence-corrected chi connectivity index (χ4v) is 4.82. The van der Waals surface area contributed by atoms with E-state index in [0.717, 1.165) is 0 Å². The maximum atomic E-state index is 11.1. The van der Waals surface area contributed by atoms with Gasteiger partial charge >= 0.3 is 0 Å². The zero-order chi connectivity index (χ0) is 17.2. The van der Waals surface area contributed by atoms with Gasteiger partial charge in [-0.05, 0) is 58.0 Å². The SMILES string of the molecule is CC(=O)NC1CC2(CCN(CCN3CCN(C(C)C)CC3)CC2)C1. The van der Waals surface area contributed by atoms with Crippen LogP contribution in [0.15, 0.2) is 0 Å². The van der Waals surface area contributed by atoms with Crippen LogP contribution in [-0.2, 0) is 4.79 Å². The van der Waals surface area contributed by atoms with Crippen LogP contribution >= 0.6 is 0 Å². The number of piperidine rings is 1. The van der Waals surface area contributed by atoms with Crippen LogP contribution < -0.4 is 5.32 Å². The van der Waals surface area contributed by atoms with Crippen molar-refractivity contribution in [1.29, 1.82) is 0 Å². The van der Waals surface area contributed by atoms with Crippen LogP contribution in [0.4, 0.5) is 0 Å². The molecule has 1 spiro atoms. The molecule has 3 fully saturated rings. The fraction of sp³-hybridized carbons (Fsp3) is 0.947. The van der Waals surface area contributed by atoms with E-state index < -0.39 is 0 Å². The first-order valence-corrected chi connectivity index (χ1v) is 9.92. The van der Waals surface area contributed by atoms with Crippen molar-refractivity contribution < 1.29 is 4.79 Å². The summed E-state index contributed by atoms with van der Waals surface area (Å²) in [6, 6.07) is 1.14. The molecule has 1 saturated carbocycles. The molecule has 0 atom stereocenters. The Morgan fingerprint density at radius 3 is 2.04 bits per heavy atom. The zero-order valence-electron chi connectivity index (χ0n) is 15.9. The molecule has 2 aliphatic heterocycles.